The average molecular weight is 302 g/mol. The Morgan fingerprint density at radius 2 is 2.23 bits per heavy atom. The van der Waals surface area contributed by atoms with Gasteiger partial charge in [0.05, 0.1) is 6.04 Å². The summed E-state index contributed by atoms with van der Waals surface area (Å²) in [6, 6.07) is 4.09. The van der Waals surface area contributed by atoms with Crippen molar-refractivity contribution in [3.63, 3.8) is 0 Å². The Labute approximate surface area is 129 Å². The van der Waals surface area contributed by atoms with Crippen LogP contribution < -0.4 is 5.32 Å². The summed E-state index contributed by atoms with van der Waals surface area (Å²) in [5.74, 6) is 0.910. The molecular formula is C15H22N6O. The molecule has 2 N–H and O–H groups in total. The van der Waals surface area contributed by atoms with E-state index >= 15 is 0 Å². The van der Waals surface area contributed by atoms with Gasteiger partial charge in [0.2, 0.25) is 0 Å². The number of hydrogen-bond donors (Lipinski definition) is 2. The molecule has 0 saturated carbocycles. The highest BCUT2D eigenvalue weighted by molar-refractivity contribution is 5.74. The minimum Gasteiger partial charge on any atom is -0.353 e. The van der Waals surface area contributed by atoms with Crippen molar-refractivity contribution in [2.45, 2.75) is 12.6 Å². The van der Waals surface area contributed by atoms with Crippen LogP contribution in [0, 0.1) is 0 Å². The first-order valence-corrected chi connectivity index (χ1v) is 7.57. The molecular weight excluding hydrogens is 280 g/mol. The van der Waals surface area contributed by atoms with Gasteiger partial charge in [-0.15, -0.1) is 0 Å². The van der Waals surface area contributed by atoms with Crippen molar-refractivity contribution in [3.05, 3.63) is 42.7 Å². The quantitative estimate of drug-likeness (QED) is 0.882. The zero-order valence-electron chi connectivity index (χ0n) is 12.8. The van der Waals surface area contributed by atoms with E-state index < -0.39 is 0 Å². The summed E-state index contributed by atoms with van der Waals surface area (Å²) in [5, 5.41) is 2.99. The maximum absolute atomic E-state index is 12.3. The first-order chi connectivity index (χ1) is 10.7. The van der Waals surface area contributed by atoms with Gasteiger partial charge in [-0.3, -0.25) is 4.90 Å². The van der Waals surface area contributed by atoms with Gasteiger partial charge in [-0.1, -0.05) is 0 Å². The third-order valence-electron chi connectivity index (χ3n) is 4.08. The number of carbonyl (C=O) groups is 1. The van der Waals surface area contributed by atoms with Crippen molar-refractivity contribution in [2.24, 2.45) is 0 Å². The van der Waals surface area contributed by atoms with Crippen LogP contribution >= 0.6 is 0 Å². The Kier molecular flexibility index (Phi) is 4.43. The lowest BCUT2D eigenvalue weighted by Crippen LogP contribution is -2.52. The Hall–Kier alpha value is -2.28. The summed E-state index contributed by atoms with van der Waals surface area (Å²) in [6.07, 6.45) is 7.56. The SMILES string of the molecule is CN1CCN(C(=O)NCCn2cccc2)C[C@@H]1c1ncc[nH]1. The average Bonchev–Trinajstić information content (AvgIpc) is 3.21. The number of urea groups is 1. The molecule has 1 saturated heterocycles. The molecule has 0 bridgehead atoms. The number of carbonyl (C=O) groups excluding carboxylic acids is 1. The number of amides is 2. The molecule has 3 rings (SSSR count). The van der Waals surface area contributed by atoms with Gasteiger partial charge in [0.25, 0.3) is 0 Å². The first kappa shape index (κ1) is 14.6. The van der Waals surface area contributed by atoms with Gasteiger partial charge in [0, 0.05) is 57.5 Å². The molecule has 1 aliphatic rings. The van der Waals surface area contributed by atoms with Crippen molar-refractivity contribution in [1.82, 2.24) is 29.7 Å². The normalized spacial score (nSPS) is 19.3. The molecule has 7 nitrogen and oxygen atoms in total. The van der Waals surface area contributed by atoms with Crippen molar-refractivity contribution in [1.29, 1.82) is 0 Å². The Bertz CT molecular complexity index is 579. The molecule has 0 spiro atoms. The minimum atomic E-state index is -0.00295. The topological polar surface area (TPSA) is 69.2 Å². The van der Waals surface area contributed by atoms with E-state index in [1.54, 1.807) is 6.20 Å². The van der Waals surface area contributed by atoms with Gasteiger partial charge in [-0.2, -0.15) is 0 Å². The molecule has 2 aromatic heterocycles. The highest BCUT2D eigenvalue weighted by atomic mass is 16.2. The second-order valence-corrected chi connectivity index (χ2v) is 5.57. The van der Waals surface area contributed by atoms with E-state index in [-0.39, 0.29) is 12.1 Å². The summed E-state index contributed by atoms with van der Waals surface area (Å²) < 4.78 is 2.05. The summed E-state index contributed by atoms with van der Waals surface area (Å²) in [4.78, 5) is 23.9. The molecule has 7 heteroatoms. The molecule has 1 atom stereocenters. The van der Waals surface area contributed by atoms with Gasteiger partial charge in [-0.05, 0) is 19.2 Å². The standard InChI is InChI=1S/C15H22N6O/c1-19-10-11-21(12-13(19)14-16-4-5-17-14)15(22)18-6-9-20-7-2-3-8-20/h2-5,7-8,13H,6,9-12H2,1H3,(H,16,17)(H,18,22)/t13-/m1/s1. The van der Waals surface area contributed by atoms with Crippen LogP contribution in [0.3, 0.4) is 0 Å². The predicted molar refractivity (Wildman–Crippen MR) is 83.4 cm³/mol. The lowest BCUT2D eigenvalue weighted by Gasteiger charge is -2.38. The van der Waals surface area contributed by atoms with Crippen LogP contribution in [-0.2, 0) is 6.54 Å². The van der Waals surface area contributed by atoms with E-state index in [0.29, 0.717) is 13.1 Å². The molecule has 1 aliphatic heterocycles. The number of rotatable bonds is 4. The molecule has 118 valence electrons. The zero-order chi connectivity index (χ0) is 15.4. The third kappa shape index (κ3) is 3.30. The van der Waals surface area contributed by atoms with Crippen LogP contribution in [0.15, 0.2) is 36.9 Å². The predicted octanol–water partition coefficient (Wildman–Crippen LogP) is 0.909. The molecule has 1 fully saturated rings. The van der Waals surface area contributed by atoms with Gasteiger partial charge >= 0.3 is 6.03 Å². The van der Waals surface area contributed by atoms with Gasteiger partial charge in [0.15, 0.2) is 0 Å². The van der Waals surface area contributed by atoms with Gasteiger partial charge in [-0.25, -0.2) is 9.78 Å². The van der Waals surface area contributed by atoms with Crippen LogP contribution in [0.25, 0.3) is 0 Å². The molecule has 2 aromatic rings. The number of aromatic nitrogens is 3. The van der Waals surface area contributed by atoms with E-state index in [0.717, 1.165) is 25.5 Å². The molecule has 0 aliphatic carbocycles. The smallest absolute Gasteiger partial charge is 0.317 e. The molecule has 3 heterocycles. The number of likely N-dealkylation sites (N-methyl/N-ethyl adjacent to an activating group) is 1. The maximum Gasteiger partial charge on any atom is 0.317 e. The van der Waals surface area contributed by atoms with Crippen LogP contribution in [0.2, 0.25) is 0 Å². The second kappa shape index (κ2) is 6.65. The fourth-order valence-corrected chi connectivity index (χ4v) is 2.74. The number of nitrogens with one attached hydrogen (secondary N) is 2. The maximum atomic E-state index is 12.3. The number of nitrogens with zero attached hydrogens (tertiary/aromatic N) is 4. The number of imidazole rings is 1. The summed E-state index contributed by atoms with van der Waals surface area (Å²) in [5.41, 5.74) is 0. The van der Waals surface area contributed by atoms with Crippen molar-refractivity contribution in [3.8, 4) is 0 Å². The van der Waals surface area contributed by atoms with E-state index in [4.69, 9.17) is 0 Å². The Balaban J connectivity index is 1.52. The van der Waals surface area contributed by atoms with Crippen molar-refractivity contribution in [2.75, 3.05) is 33.2 Å². The lowest BCUT2D eigenvalue weighted by atomic mass is 10.1. The lowest BCUT2D eigenvalue weighted by molar-refractivity contribution is 0.106. The molecule has 0 radical (unpaired) electrons. The summed E-state index contributed by atoms with van der Waals surface area (Å²) in [7, 11) is 2.06. The van der Waals surface area contributed by atoms with Crippen LogP contribution in [-0.4, -0.2) is 63.6 Å². The Morgan fingerprint density at radius 3 is 2.95 bits per heavy atom. The molecule has 0 aromatic carbocycles. The second-order valence-electron chi connectivity index (χ2n) is 5.57. The highest BCUT2D eigenvalue weighted by Crippen LogP contribution is 2.20. The van der Waals surface area contributed by atoms with E-state index in [2.05, 4.69) is 31.8 Å². The van der Waals surface area contributed by atoms with Crippen LogP contribution in [0.1, 0.15) is 11.9 Å². The number of piperazine rings is 1. The summed E-state index contributed by atoms with van der Waals surface area (Å²) >= 11 is 0. The van der Waals surface area contributed by atoms with E-state index in [1.165, 1.54) is 0 Å². The highest BCUT2D eigenvalue weighted by Gasteiger charge is 2.29. The molecule has 2 amide bonds. The number of hydrogen-bond acceptors (Lipinski definition) is 3. The van der Waals surface area contributed by atoms with E-state index in [9.17, 15) is 4.79 Å². The van der Waals surface area contributed by atoms with Crippen LogP contribution in [0.5, 0.6) is 0 Å². The fraction of sp³-hybridized carbons (Fsp3) is 0.467. The van der Waals surface area contributed by atoms with Gasteiger partial charge < -0.3 is 19.8 Å². The summed E-state index contributed by atoms with van der Waals surface area (Å²) in [6.45, 7) is 3.65. The third-order valence-corrected chi connectivity index (χ3v) is 4.08. The number of aromatic amines is 1. The zero-order valence-corrected chi connectivity index (χ0v) is 12.8. The van der Waals surface area contributed by atoms with Crippen LogP contribution in [0.4, 0.5) is 4.79 Å². The number of H-pyrrole nitrogens is 1. The van der Waals surface area contributed by atoms with Crippen molar-refractivity contribution < 1.29 is 4.79 Å². The Morgan fingerprint density at radius 1 is 1.41 bits per heavy atom. The monoisotopic (exact) mass is 302 g/mol. The first-order valence-electron chi connectivity index (χ1n) is 7.57. The van der Waals surface area contributed by atoms with Crippen molar-refractivity contribution >= 4 is 6.03 Å². The van der Waals surface area contributed by atoms with Gasteiger partial charge in [0.1, 0.15) is 5.82 Å². The molecule has 0 unspecified atom stereocenters. The minimum absolute atomic E-state index is 0.00295. The van der Waals surface area contributed by atoms with E-state index in [1.807, 2.05) is 35.6 Å². The molecule has 22 heavy (non-hydrogen) atoms. The largest absolute Gasteiger partial charge is 0.353 e. The fourth-order valence-electron chi connectivity index (χ4n) is 2.74.